The van der Waals surface area contributed by atoms with Gasteiger partial charge in [0.15, 0.2) is 0 Å². The van der Waals surface area contributed by atoms with Crippen molar-refractivity contribution in [2.24, 2.45) is 5.73 Å². The highest BCUT2D eigenvalue weighted by molar-refractivity contribution is 7.99. The average Bonchev–Trinajstić information content (AvgIpc) is 2.18. The molecular formula is C11H24N2OS. The van der Waals surface area contributed by atoms with Crippen molar-refractivity contribution >= 4 is 17.7 Å². The molecule has 0 spiro atoms. The van der Waals surface area contributed by atoms with Gasteiger partial charge in [0.05, 0.1) is 6.04 Å². The van der Waals surface area contributed by atoms with Gasteiger partial charge in [0.2, 0.25) is 5.91 Å². The topological polar surface area (TPSA) is 55.1 Å². The molecule has 2 atom stereocenters. The second-order valence-electron chi connectivity index (χ2n) is 3.79. The maximum atomic E-state index is 11.5. The number of rotatable bonds is 8. The van der Waals surface area contributed by atoms with Crippen LogP contribution in [-0.4, -0.2) is 29.5 Å². The van der Waals surface area contributed by atoms with E-state index in [-0.39, 0.29) is 18.0 Å². The molecule has 0 saturated heterocycles. The molecule has 0 aromatic rings. The Kier molecular flexibility index (Phi) is 8.91. The van der Waals surface area contributed by atoms with Gasteiger partial charge in [-0.25, -0.2) is 0 Å². The normalized spacial score (nSPS) is 14.7. The van der Waals surface area contributed by atoms with Crippen molar-refractivity contribution in [1.29, 1.82) is 0 Å². The maximum Gasteiger partial charge on any atom is 0.237 e. The van der Waals surface area contributed by atoms with Crippen LogP contribution in [-0.2, 0) is 4.79 Å². The molecule has 0 heterocycles. The molecule has 0 aromatic heterocycles. The summed E-state index contributed by atoms with van der Waals surface area (Å²) in [6.07, 6.45) is 2.74. The Balaban J connectivity index is 3.65. The zero-order valence-corrected chi connectivity index (χ0v) is 10.9. The lowest BCUT2D eigenvalue weighted by Gasteiger charge is -2.16. The van der Waals surface area contributed by atoms with E-state index in [1.54, 1.807) is 0 Å². The number of nitrogens with one attached hydrogen (secondary N) is 1. The standard InChI is InChI=1S/C11H24N2OS/c1-4-6-10(12)11(14)13-9(3)7-8-15-5-2/h9-10H,4-8,12H2,1-3H3,(H,13,14)/t9?,10-/m1/s1. The van der Waals surface area contributed by atoms with Crippen LogP contribution in [0.25, 0.3) is 0 Å². The third-order valence-electron chi connectivity index (χ3n) is 2.22. The summed E-state index contributed by atoms with van der Waals surface area (Å²) in [5.41, 5.74) is 5.71. The highest BCUT2D eigenvalue weighted by Gasteiger charge is 2.14. The van der Waals surface area contributed by atoms with E-state index in [0.717, 1.165) is 30.8 Å². The van der Waals surface area contributed by atoms with Crippen LogP contribution in [0.2, 0.25) is 0 Å². The van der Waals surface area contributed by atoms with Crippen LogP contribution >= 0.6 is 11.8 Å². The summed E-state index contributed by atoms with van der Waals surface area (Å²) >= 11 is 1.90. The third-order valence-corrected chi connectivity index (χ3v) is 3.16. The van der Waals surface area contributed by atoms with Gasteiger partial charge in [-0.1, -0.05) is 20.3 Å². The molecule has 1 unspecified atom stereocenters. The Hall–Kier alpha value is -0.220. The number of nitrogens with two attached hydrogens (primary N) is 1. The molecule has 3 N–H and O–H groups in total. The zero-order valence-electron chi connectivity index (χ0n) is 10.1. The molecule has 1 amide bonds. The first kappa shape index (κ1) is 14.8. The quantitative estimate of drug-likeness (QED) is 0.627. The van der Waals surface area contributed by atoms with Crippen molar-refractivity contribution in [2.75, 3.05) is 11.5 Å². The lowest BCUT2D eigenvalue weighted by atomic mass is 10.1. The minimum Gasteiger partial charge on any atom is -0.352 e. The zero-order chi connectivity index (χ0) is 11.7. The molecular weight excluding hydrogens is 208 g/mol. The molecule has 0 aliphatic heterocycles. The number of carbonyl (C=O) groups excluding carboxylic acids is 1. The van der Waals surface area contributed by atoms with Gasteiger partial charge in [-0.3, -0.25) is 4.79 Å². The first-order valence-electron chi connectivity index (χ1n) is 5.75. The van der Waals surface area contributed by atoms with E-state index in [1.165, 1.54) is 0 Å². The minimum absolute atomic E-state index is 0.00847. The van der Waals surface area contributed by atoms with Crippen LogP contribution in [0.5, 0.6) is 0 Å². The van der Waals surface area contributed by atoms with Crippen molar-refractivity contribution in [2.45, 2.75) is 52.1 Å². The number of thioether (sulfide) groups is 1. The smallest absolute Gasteiger partial charge is 0.237 e. The van der Waals surface area contributed by atoms with E-state index < -0.39 is 0 Å². The van der Waals surface area contributed by atoms with Gasteiger partial charge in [0.25, 0.3) is 0 Å². The summed E-state index contributed by atoms with van der Waals surface area (Å²) in [5, 5.41) is 2.95. The third kappa shape index (κ3) is 7.68. The van der Waals surface area contributed by atoms with Gasteiger partial charge in [0.1, 0.15) is 0 Å². The second kappa shape index (κ2) is 9.04. The molecule has 0 bridgehead atoms. The summed E-state index contributed by atoms with van der Waals surface area (Å²) in [6, 6.07) is -0.101. The Bertz CT molecular complexity index is 176. The summed E-state index contributed by atoms with van der Waals surface area (Å²) in [7, 11) is 0. The molecule has 0 aliphatic rings. The molecule has 15 heavy (non-hydrogen) atoms. The molecule has 3 nitrogen and oxygen atoms in total. The summed E-state index contributed by atoms with van der Waals surface area (Å²) in [6.45, 7) is 6.21. The predicted molar refractivity (Wildman–Crippen MR) is 68.1 cm³/mol. The maximum absolute atomic E-state index is 11.5. The SMILES string of the molecule is CCC[C@@H](N)C(=O)NC(C)CCSCC. The lowest BCUT2D eigenvalue weighted by Crippen LogP contribution is -2.44. The van der Waals surface area contributed by atoms with Crippen LogP contribution in [0.4, 0.5) is 0 Å². The van der Waals surface area contributed by atoms with Crippen molar-refractivity contribution in [3.63, 3.8) is 0 Å². The van der Waals surface area contributed by atoms with Gasteiger partial charge < -0.3 is 11.1 Å². The van der Waals surface area contributed by atoms with E-state index in [9.17, 15) is 4.79 Å². The Morgan fingerprint density at radius 2 is 2.07 bits per heavy atom. The Labute approximate surface area is 97.6 Å². The van der Waals surface area contributed by atoms with Crippen molar-refractivity contribution in [3.8, 4) is 0 Å². The largest absolute Gasteiger partial charge is 0.352 e. The van der Waals surface area contributed by atoms with Crippen LogP contribution in [0.1, 0.15) is 40.0 Å². The molecule has 0 aliphatic carbocycles. The van der Waals surface area contributed by atoms with E-state index in [4.69, 9.17) is 5.73 Å². The second-order valence-corrected chi connectivity index (χ2v) is 5.18. The fourth-order valence-electron chi connectivity index (χ4n) is 1.27. The monoisotopic (exact) mass is 232 g/mol. The highest BCUT2D eigenvalue weighted by Crippen LogP contribution is 2.04. The van der Waals surface area contributed by atoms with Gasteiger partial charge in [-0.2, -0.15) is 11.8 Å². The molecule has 0 fully saturated rings. The van der Waals surface area contributed by atoms with Crippen molar-refractivity contribution in [1.82, 2.24) is 5.32 Å². The van der Waals surface area contributed by atoms with E-state index in [0.29, 0.717) is 0 Å². The van der Waals surface area contributed by atoms with Crippen LogP contribution < -0.4 is 11.1 Å². The summed E-state index contributed by atoms with van der Waals surface area (Å²) in [4.78, 5) is 11.5. The van der Waals surface area contributed by atoms with E-state index in [2.05, 4.69) is 12.2 Å². The predicted octanol–water partition coefficient (Wildman–Crippen LogP) is 1.76. The fourth-order valence-corrected chi connectivity index (χ4v) is 2.08. The first-order chi connectivity index (χ1) is 7.11. The number of amides is 1. The molecule has 0 saturated carbocycles. The molecule has 90 valence electrons. The van der Waals surface area contributed by atoms with Crippen LogP contribution in [0.3, 0.4) is 0 Å². The number of hydrogen-bond acceptors (Lipinski definition) is 3. The van der Waals surface area contributed by atoms with Crippen LogP contribution in [0, 0.1) is 0 Å². The van der Waals surface area contributed by atoms with Crippen molar-refractivity contribution in [3.05, 3.63) is 0 Å². The Morgan fingerprint density at radius 1 is 1.40 bits per heavy atom. The van der Waals surface area contributed by atoms with E-state index >= 15 is 0 Å². The molecule has 0 radical (unpaired) electrons. The number of carbonyl (C=O) groups is 1. The van der Waals surface area contributed by atoms with Crippen LogP contribution in [0.15, 0.2) is 0 Å². The number of hydrogen-bond donors (Lipinski definition) is 2. The first-order valence-corrected chi connectivity index (χ1v) is 6.90. The fraction of sp³-hybridized carbons (Fsp3) is 0.909. The lowest BCUT2D eigenvalue weighted by molar-refractivity contribution is -0.123. The average molecular weight is 232 g/mol. The highest BCUT2D eigenvalue weighted by atomic mass is 32.2. The van der Waals surface area contributed by atoms with Crippen molar-refractivity contribution < 1.29 is 4.79 Å². The van der Waals surface area contributed by atoms with Gasteiger partial charge >= 0.3 is 0 Å². The van der Waals surface area contributed by atoms with Gasteiger partial charge in [-0.15, -0.1) is 0 Å². The minimum atomic E-state index is -0.337. The summed E-state index contributed by atoms with van der Waals surface area (Å²) < 4.78 is 0. The van der Waals surface area contributed by atoms with Gasteiger partial charge in [-0.05, 0) is 31.3 Å². The molecule has 0 aromatic carbocycles. The molecule has 0 rings (SSSR count). The van der Waals surface area contributed by atoms with E-state index in [1.807, 2.05) is 25.6 Å². The molecule has 4 heteroatoms. The van der Waals surface area contributed by atoms with Gasteiger partial charge in [0, 0.05) is 6.04 Å². The summed E-state index contributed by atoms with van der Waals surface area (Å²) in [5.74, 6) is 2.22. The Morgan fingerprint density at radius 3 is 2.60 bits per heavy atom.